The van der Waals surface area contributed by atoms with Crippen LogP contribution in [0.5, 0.6) is 0 Å². The Bertz CT molecular complexity index is 1030. The van der Waals surface area contributed by atoms with Gasteiger partial charge in [0, 0.05) is 23.4 Å². The minimum Gasteiger partial charge on any atom is -0.385 e. The Kier molecular flexibility index (Phi) is 5.08. The summed E-state index contributed by atoms with van der Waals surface area (Å²) in [6.45, 7) is 1.53. The summed E-state index contributed by atoms with van der Waals surface area (Å²) < 4.78 is 0. The topological polar surface area (TPSA) is 63.8 Å². The van der Waals surface area contributed by atoms with Crippen molar-refractivity contribution >= 4 is 16.7 Å². The number of nitrogens with two attached hydrogens (primary N) is 1. The van der Waals surface area contributed by atoms with E-state index in [2.05, 4.69) is 35.6 Å². The number of hydrogen-bond donors (Lipinski definition) is 2. The lowest BCUT2D eigenvalue weighted by molar-refractivity contribution is 0.874. The minimum absolute atomic E-state index is 0.680. The molecule has 0 bridgehead atoms. The zero-order valence-corrected chi connectivity index (χ0v) is 15.1. The maximum absolute atomic E-state index is 5.58. The van der Waals surface area contributed by atoms with Crippen LogP contribution >= 0.6 is 0 Å². The summed E-state index contributed by atoms with van der Waals surface area (Å²) in [5.74, 6) is 0. The predicted octanol–water partition coefficient (Wildman–Crippen LogP) is 4.72. The average Bonchev–Trinajstić information content (AvgIpc) is 2.74. The lowest BCUT2D eigenvalue weighted by atomic mass is 10.0. The molecule has 1 heterocycles. The lowest BCUT2D eigenvalue weighted by Crippen LogP contribution is -2.08. The van der Waals surface area contributed by atoms with E-state index in [-0.39, 0.29) is 0 Å². The van der Waals surface area contributed by atoms with Gasteiger partial charge in [-0.05, 0) is 31.2 Å². The third-order valence-electron chi connectivity index (χ3n) is 4.47. The number of anilines is 1. The molecular weight excluding hydrogens is 332 g/mol. The molecule has 0 aliphatic rings. The molecule has 3 aromatic carbocycles. The van der Waals surface area contributed by atoms with Crippen molar-refractivity contribution in [3.05, 3.63) is 78.9 Å². The Morgan fingerprint density at radius 3 is 1.89 bits per heavy atom. The van der Waals surface area contributed by atoms with E-state index in [1.807, 2.05) is 48.5 Å². The highest BCUT2D eigenvalue weighted by Gasteiger charge is 2.13. The largest absolute Gasteiger partial charge is 0.385 e. The van der Waals surface area contributed by atoms with Gasteiger partial charge >= 0.3 is 0 Å². The van der Waals surface area contributed by atoms with Gasteiger partial charge in [-0.25, -0.2) is 9.97 Å². The quantitative estimate of drug-likeness (QED) is 0.492. The van der Waals surface area contributed by atoms with Crippen molar-refractivity contribution in [1.29, 1.82) is 0 Å². The van der Waals surface area contributed by atoms with Crippen LogP contribution in [0.2, 0.25) is 0 Å². The van der Waals surface area contributed by atoms with Gasteiger partial charge in [0.15, 0.2) is 0 Å². The molecule has 0 atom stereocenters. The van der Waals surface area contributed by atoms with Gasteiger partial charge in [-0.2, -0.15) is 0 Å². The molecule has 27 heavy (non-hydrogen) atoms. The van der Waals surface area contributed by atoms with Crippen LogP contribution in [0.3, 0.4) is 0 Å². The second-order valence-electron chi connectivity index (χ2n) is 6.43. The minimum atomic E-state index is 0.680. The summed E-state index contributed by atoms with van der Waals surface area (Å²) in [5, 5.41) is 3.40. The Morgan fingerprint density at radius 1 is 0.704 bits per heavy atom. The molecule has 4 aromatic rings. The van der Waals surface area contributed by atoms with E-state index in [1.54, 1.807) is 0 Å². The fraction of sp³-hybridized carbons (Fsp3) is 0.130. The van der Waals surface area contributed by atoms with Crippen LogP contribution < -0.4 is 11.1 Å². The normalized spacial score (nSPS) is 10.9. The van der Waals surface area contributed by atoms with E-state index in [1.165, 1.54) is 0 Å². The molecule has 134 valence electrons. The fourth-order valence-electron chi connectivity index (χ4n) is 3.09. The highest BCUT2D eigenvalue weighted by molar-refractivity contribution is 5.87. The van der Waals surface area contributed by atoms with Crippen molar-refractivity contribution < 1.29 is 0 Å². The summed E-state index contributed by atoms with van der Waals surface area (Å²) in [4.78, 5) is 9.93. The first-order valence-electron chi connectivity index (χ1n) is 9.22. The third kappa shape index (κ3) is 3.81. The maximum atomic E-state index is 5.58. The first-order chi connectivity index (χ1) is 13.3. The Balaban J connectivity index is 1.84. The van der Waals surface area contributed by atoms with Gasteiger partial charge in [0.05, 0.1) is 22.4 Å². The van der Waals surface area contributed by atoms with Crippen molar-refractivity contribution in [2.75, 3.05) is 18.4 Å². The molecule has 4 nitrogen and oxygen atoms in total. The Morgan fingerprint density at radius 2 is 1.30 bits per heavy atom. The summed E-state index contributed by atoms with van der Waals surface area (Å²) in [6.07, 6.45) is 0.936. The molecule has 0 amide bonds. The van der Waals surface area contributed by atoms with E-state index in [0.29, 0.717) is 6.54 Å². The molecule has 4 heteroatoms. The van der Waals surface area contributed by atoms with Crippen molar-refractivity contribution in [3.63, 3.8) is 0 Å². The van der Waals surface area contributed by atoms with Gasteiger partial charge in [0.2, 0.25) is 0 Å². The van der Waals surface area contributed by atoms with E-state index in [0.717, 1.165) is 52.2 Å². The van der Waals surface area contributed by atoms with Gasteiger partial charge in [-0.15, -0.1) is 0 Å². The van der Waals surface area contributed by atoms with Crippen molar-refractivity contribution in [1.82, 2.24) is 9.97 Å². The Hall–Kier alpha value is -3.24. The summed E-state index contributed by atoms with van der Waals surface area (Å²) in [5.41, 5.74) is 12.3. The third-order valence-corrected chi connectivity index (χ3v) is 4.47. The molecule has 4 rings (SSSR count). The fourth-order valence-corrected chi connectivity index (χ4v) is 3.09. The van der Waals surface area contributed by atoms with E-state index in [4.69, 9.17) is 15.7 Å². The summed E-state index contributed by atoms with van der Waals surface area (Å²) in [6, 6.07) is 26.6. The van der Waals surface area contributed by atoms with E-state index >= 15 is 0 Å². The molecule has 0 aliphatic carbocycles. The summed E-state index contributed by atoms with van der Waals surface area (Å²) in [7, 11) is 0. The van der Waals surface area contributed by atoms with Crippen molar-refractivity contribution in [2.45, 2.75) is 6.42 Å². The van der Waals surface area contributed by atoms with Gasteiger partial charge < -0.3 is 11.1 Å². The summed E-state index contributed by atoms with van der Waals surface area (Å²) >= 11 is 0. The molecule has 0 fully saturated rings. The monoisotopic (exact) mass is 354 g/mol. The van der Waals surface area contributed by atoms with Crippen LogP contribution in [0, 0.1) is 0 Å². The number of aromatic nitrogens is 2. The predicted molar refractivity (Wildman–Crippen MR) is 113 cm³/mol. The second kappa shape index (κ2) is 7.98. The molecule has 0 spiro atoms. The van der Waals surface area contributed by atoms with Crippen LogP contribution in [0.25, 0.3) is 33.5 Å². The molecule has 0 unspecified atom stereocenters. The molecule has 0 saturated carbocycles. The SMILES string of the molecule is NCCCNc1ccc2nc(-c3ccccc3)c(-c3ccccc3)nc2c1. The van der Waals surface area contributed by atoms with Crippen molar-refractivity contribution in [3.8, 4) is 22.5 Å². The van der Waals surface area contributed by atoms with Crippen LogP contribution in [0.15, 0.2) is 78.9 Å². The van der Waals surface area contributed by atoms with Gasteiger partial charge in [0.25, 0.3) is 0 Å². The van der Waals surface area contributed by atoms with Crippen molar-refractivity contribution in [2.24, 2.45) is 5.73 Å². The van der Waals surface area contributed by atoms with Gasteiger partial charge in [0.1, 0.15) is 0 Å². The smallest absolute Gasteiger partial charge is 0.0973 e. The molecule has 0 saturated heterocycles. The van der Waals surface area contributed by atoms with E-state index < -0.39 is 0 Å². The standard InChI is InChI=1S/C23H22N4/c24-14-7-15-25-19-12-13-20-21(16-19)27-23(18-10-5-2-6-11-18)22(26-20)17-8-3-1-4-9-17/h1-6,8-13,16,25H,7,14-15,24H2. The second-order valence-corrected chi connectivity index (χ2v) is 6.43. The number of nitrogens with zero attached hydrogens (tertiary/aromatic N) is 2. The number of nitrogens with one attached hydrogen (secondary N) is 1. The highest BCUT2D eigenvalue weighted by Crippen LogP contribution is 2.31. The molecule has 1 aromatic heterocycles. The van der Waals surface area contributed by atoms with E-state index in [9.17, 15) is 0 Å². The Labute approximate surface area is 159 Å². The number of hydrogen-bond acceptors (Lipinski definition) is 4. The van der Waals surface area contributed by atoms with Crippen LogP contribution in [0.1, 0.15) is 6.42 Å². The average molecular weight is 354 g/mol. The van der Waals surface area contributed by atoms with Gasteiger partial charge in [-0.1, -0.05) is 60.7 Å². The first kappa shape index (κ1) is 17.2. The number of benzene rings is 3. The van der Waals surface area contributed by atoms with Gasteiger partial charge in [-0.3, -0.25) is 0 Å². The maximum Gasteiger partial charge on any atom is 0.0973 e. The molecule has 0 radical (unpaired) electrons. The lowest BCUT2D eigenvalue weighted by Gasteiger charge is -2.12. The number of fused-ring (bicyclic) bond motifs is 1. The zero-order valence-electron chi connectivity index (χ0n) is 15.1. The van der Waals surface area contributed by atoms with Crippen LogP contribution in [-0.2, 0) is 0 Å². The first-order valence-corrected chi connectivity index (χ1v) is 9.22. The number of rotatable bonds is 6. The van der Waals surface area contributed by atoms with Crippen LogP contribution in [-0.4, -0.2) is 23.1 Å². The molecule has 3 N–H and O–H groups in total. The molecule has 0 aliphatic heterocycles. The van der Waals surface area contributed by atoms with Crippen LogP contribution in [0.4, 0.5) is 5.69 Å². The molecular formula is C23H22N4. The highest BCUT2D eigenvalue weighted by atomic mass is 14.9. The zero-order chi connectivity index (χ0) is 18.5.